The van der Waals surface area contributed by atoms with Gasteiger partial charge in [-0.05, 0) is 24.6 Å². The molecule has 1 aliphatic rings. The number of hydrogen-bond donors (Lipinski definition) is 0. The first-order valence-electron chi connectivity index (χ1n) is 5.46. The Labute approximate surface area is 99.4 Å². The molecule has 17 heavy (non-hydrogen) atoms. The fourth-order valence-electron chi connectivity index (χ4n) is 1.71. The second kappa shape index (κ2) is 4.95. The largest absolute Gasteiger partial charge is 0.457 e. The van der Waals surface area contributed by atoms with Crippen molar-refractivity contribution in [1.82, 2.24) is 4.98 Å². The molecule has 0 aliphatic carbocycles. The van der Waals surface area contributed by atoms with Gasteiger partial charge in [0.25, 0.3) is 0 Å². The average molecular weight is 234 g/mol. The predicted octanol–water partition coefficient (Wildman–Crippen LogP) is 1.85. The highest BCUT2D eigenvalue weighted by Crippen LogP contribution is 2.28. The van der Waals surface area contributed by atoms with Crippen molar-refractivity contribution in [3.63, 3.8) is 0 Å². The van der Waals surface area contributed by atoms with Crippen LogP contribution in [0.4, 0.5) is 0 Å². The van der Waals surface area contributed by atoms with Crippen molar-refractivity contribution in [3.05, 3.63) is 30.1 Å². The number of hydrogen-bond acceptors (Lipinski definition) is 5. The molecular formula is C12H14N2O3. The Morgan fingerprint density at radius 3 is 2.88 bits per heavy atom. The minimum absolute atomic E-state index is 0.106. The normalized spacial score (nSPS) is 20.4. The maximum atomic E-state index is 10.8. The van der Waals surface area contributed by atoms with Crippen LogP contribution in [0.15, 0.2) is 29.7 Å². The van der Waals surface area contributed by atoms with E-state index < -0.39 is 0 Å². The number of esters is 1. The summed E-state index contributed by atoms with van der Waals surface area (Å²) in [6.07, 6.45) is 3.63. The molecule has 2 rings (SSSR count). The van der Waals surface area contributed by atoms with E-state index in [0.717, 1.165) is 11.3 Å². The summed E-state index contributed by atoms with van der Waals surface area (Å²) in [5, 5.41) is 3.97. The Hall–Kier alpha value is -1.91. The van der Waals surface area contributed by atoms with Gasteiger partial charge in [-0.15, -0.1) is 0 Å². The lowest BCUT2D eigenvalue weighted by Crippen LogP contribution is -2.22. The zero-order valence-corrected chi connectivity index (χ0v) is 9.79. The molecule has 0 bridgehead atoms. The summed E-state index contributed by atoms with van der Waals surface area (Å²) in [4.78, 5) is 20.1. The highest BCUT2D eigenvalue weighted by molar-refractivity contribution is 5.90. The van der Waals surface area contributed by atoms with Crippen LogP contribution < -0.4 is 0 Å². The first-order valence-corrected chi connectivity index (χ1v) is 5.46. The Kier molecular flexibility index (Phi) is 3.37. The molecule has 2 atom stereocenters. The molecule has 2 heterocycles. The highest BCUT2D eigenvalue weighted by Gasteiger charge is 2.27. The number of rotatable bonds is 3. The number of pyridine rings is 1. The van der Waals surface area contributed by atoms with Gasteiger partial charge in [0.05, 0.1) is 0 Å². The van der Waals surface area contributed by atoms with Crippen molar-refractivity contribution in [3.8, 4) is 0 Å². The molecule has 1 unspecified atom stereocenters. The molecule has 1 aliphatic heterocycles. The lowest BCUT2D eigenvalue weighted by atomic mass is 10.0. The third kappa shape index (κ3) is 2.81. The highest BCUT2D eigenvalue weighted by atomic mass is 16.6. The number of nitrogens with zero attached hydrogens (tertiary/aromatic N) is 2. The zero-order chi connectivity index (χ0) is 12.3. The zero-order valence-electron chi connectivity index (χ0n) is 9.79. The topological polar surface area (TPSA) is 60.8 Å². The minimum atomic E-state index is -0.334. The van der Waals surface area contributed by atoms with E-state index in [2.05, 4.69) is 10.1 Å². The van der Waals surface area contributed by atoms with Gasteiger partial charge in [0.2, 0.25) is 0 Å². The van der Waals surface area contributed by atoms with E-state index in [0.29, 0.717) is 6.42 Å². The number of aromatic nitrogens is 1. The van der Waals surface area contributed by atoms with Crippen LogP contribution in [0.25, 0.3) is 0 Å². The summed E-state index contributed by atoms with van der Waals surface area (Å²) < 4.78 is 5.06. The molecule has 0 saturated heterocycles. The number of ether oxygens (including phenoxy) is 1. The second-order valence-corrected chi connectivity index (χ2v) is 3.91. The Balaban J connectivity index is 1.97. The first-order chi connectivity index (χ1) is 8.16. The third-order valence-electron chi connectivity index (χ3n) is 2.58. The maximum absolute atomic E-state index is 10.8. The fraction of sp³-hybridized carbons (Fsp3) is 0.417. The number of carbonyl (C=O) groups excluding carboxylic acids is 1. The number of carbonyl (C=O) groups is 1. The molecule has 0 N–H and O–H groups in total. The van der Waals surface area contributed by atoms with Crippen LogP contribution in [-0.2, 0) is 14.4 Å². The molecule has 0 fully saturated rings. The lowest BCUT2D eigenvalue weighted by Gasteiger charge is -2.11. The van der Waals surface area contributed by atoms with E-state index >= 15 is 0 Å². The van der Waals surface area contributed by atoms with Gasteiger partial charge in [-0.3, -0.25) is 9.78 Å². The van der Waals surface area contributed by atoms with Crippen LogP contribution in [0.1, 0.15) is 31.9 Å². The van der Waals surface area contributed by atoms with E-state index in [1.54, 1.807) is 19.3 Å². The molecule has 90 valence electrons. The van der Waals surface area contributed by atoms with E-state index in [1.807, 2.05) is 12.1 Å². The van der Waals surface area contributed by atoms with Crippen molar-refractivity contribution in [1.29, 1.82) is 0 Å². The van der Waals surface area contributed by atoms with Gasteiger partial charge in [-0.25, -0.2) is 0 Å². The van der Waals surface area contributed by atoms with Crippen LogP contribution in [0.3, 0.4) is 0 Å². The van der Waals surface area contributed by atoms with Crippen molar-refractivity contribution in [2.45, 2.75) is 32.5 Å². The van der Waals surface area contributed by atoms with E-state index in [-0.39, 0.29) is 18.2 Å². The van der Waals surface area contributed by atoms with E-state index in [4.69, 9.17) is 9.57 Å². The van der Waals surface area contributed by atoms with Crippen LogP contribution in [-0.4, -0.2) is 22.8 Å². The summed E-state index contributed by atoms with van der Waals surface area (Å²) in [6, 6.07) is 3.78. The third-order valence-corrected chi connectivity index (χ3v) is 2.58. The van der Waals surface area contributed by atoms with Gasteiger partial charge in [0, 0.05) is 25.7 Å². The van der Waals surface area contributed by atoms with Crippen LogP contribution in [0.2, 0.25) is 0 Å². The minimum Gasteiger partial charge on any atom is -0.457 e. The first kappa shape index (κ1) is 11.6. The molecule has 0 radical (unpaired) electrons. The van der Waals surface area contributed by atoms with Crippen molar-refractivity contribution in [2.75, 3.05) is 0 Å². The second-order valence-electron chi connectivity index (χ2n) is 3.91. The van der Waals surface area contributed by atoms with Gasteiger partial charge >= 0.3 is 5.97 Å². The molecule has 1 aromatic heterocycles. The van der Waals surface area contributed by atoms with Crippen molar-refractivity contribution < 1.29 is 14.4 Å². The smallest absolute Gasteiger partial charge is 0.303 e. The van der Waals surface area contributed by atoms with Gasteiger partial charge in [0.1, 0.15) is 11.8 Å². The molecule has 0 spiro atoms. The quantitative estimate of drug-likeness (QED) is 0.749. The monoisotopic (exact) mass is 234 g/mol. The molecule has 5 heteroatoms. The molecular weight excluding hydrogens is 220 g/mol. The van der Waals surface area contributed by atoms with E-state index in [1.165, 1.54) is 6.92 Å². The summed E-state index contributed by atoms with van der Waals surface area (Å²) in [5.74, 6) is -0.312. The lowest BCUT2D eigenvalue weighted by molar-refractivity contribution is -0.142. The Morgan fingerprint density at radius 1 is 1.53 bits per heavy atom. The van der Waals surface area contributed by atoms with Crippen LogP contribution in [0.5, 0.6) is 0 Å². The molecule has 0 amide bonds. The maximum Gasteiger partial charge on any atom is 0.303 e. The SMILES string of the molecule is CC(=O)O[C@@H](C)C1=NOC(c2ccncc2)C1. The summed E-state index contributed by atoms with van der Waals surface area (Å²) in [6.45, 7) is 3.17. The van der Waals surface area contributed by atoms with Crippen LogP contribution >= 0.6 is 0 Å². The average Bonchev–Trinajstić information content (AvgIpc) is 2.78. The fourth-order valence-corrected chi connectivity index (χ4v) is 1.71. The van der Waals surface area contributed by atoms with E-state index in [9.17, 15) is 4.79 Å². The van der Waals surface area contributed by atoms with Gasteiger partial charge in [-0.2, -0.15) is 0 Å². The van der Waals surface area contributed by atoms with Gasteiger partial charge in [0.15, 0.2) is 6.10 Å². The summed E-state index contributed by atoms with van der Waals surface area (Å²) in [7, 11) is 0. The number of oxime groups is 1. The standard InChI is InChI=1S/C12H14N2O3/c1-8(16-9(2)15)11-7-12(17-14-11)10-3-5-13-6-4-10/h3-6,8,12H,7H2,1-2H3/t8-,12?/m0/s1. The summed E-state index contributed by atoms with van der Waals surface area (Å²) in [5.41, 5.74) is 1.77. The Bertz CT molecular complexity index is 431. The Morgan fingerprint density at radius 2 is 2.24 bits per heavy atom. The van der Waals surface area contributed by atoms with Crippen molar-refractivity contribution in [2.24, 2.45) is 5.16 Å². The summed E-state index contributed by atoms with van der Waals surface area (Å²) >= 11 is 0. The molecule has 1 aromatic rings. The molecule has 0 saturated carbocycles. The van der Waals surface area contributed by atoms with Gasteiger partial charge < -0.3 is 9.57 Å². The van der Waals surface area contributed by atoms with Gasteiger partial charge in [-0.1, -0.05) is 5.16 Å². The molecule has 5 nitrogen and oxygen atoms in total. The predicted molar refractivity (Wildman–Crippen MR) is 61.3 cm³/mol. The van der Waals surface area contributed by atoms with Crippen molar-refractivity contribution >= 4 is 11.7 Å². The molecule has 0 aromatic carbocycles. The van der Waals surface area contributed by atoms with Crippen LogP contribution in [0, 0.1) is 0 Å².